The Balaban J connectivity index is 1.70. The molecule has 0 atom stereocenters. The summed E-state index contributed by atoms with van der Waals surface area (Å²) in [6.07, 6.45) is 1.82. The molecule has 1 amide bonds. The third-order valence-electron chi connectivity index (χ3n) is 4.41. The molecule has 0 aliphatic heterocycles. The number of thiophene rings is 1. The highest BCUT2D eigenvalue weighted by molar-refractivity contribution is 7.18. The van der Waals surface area contributed by atoms with Crippen LogP contribution in [0.15, 0.2) is 41.5 Å². The van der Waals surface area contributed by atoms with Crippen LogP contribution in [-0.4, -0.2) is 27.4 Å². The predicted octanol–water partition coefficient (Wildman–Crippen LogP) is 3.12. The second-order valence-corrected chi connectivity index (χ2v) is 7.40. The van der Waals surface area contributed by atoms with Gasteiger partial charge in [-0.1, -0.05) is 30.3 Å². The first-order chi connectivity index (χ1) is 12.0. The Hall–Kier alpha value is -2.47. The van der Waals surface area contributed by atoms with Gasteiger partial charge in [0.05, 0.1) is 11.7 Å². The van der Waals surface area contributed by atoms with Crippen molar-refractivity contribution in [3.05, 3.63) is 63.0 Å². The van der Waals surface area contributed by atoms with Crippen LogP contribution >= 0.6 is 11.3 Å². The smallest absolute Gasteiger partial charge is 0.262 e. The topological polar surface area (TPSA) is 55.2 Å². The predicted molar refractivity (Wildman–Crippen MR) is 101 cm³/mol. The summed E-state index contributed by atoms with van der Waals surface area (Å²) in [5.41, 5.74) is 2.01. The summed E-state index contributed by atoms with van der Waals surface area (Å²) in [4.78, 5) is 32.9. The Kier molecular flexibility index (Phi) is 4.99. The van der Waals surface area contributed by atoms with Gasteiger partial charge in [-0.25, -0.2) is 4.98 Å². The fourth-order valence-corrected chi connectivity index (χ4v) is 3.77. The third-order valence-corrected chi connectivity index (χ3v) is 5.53. The molecule has 0 N–H and O–H groups in total. The lowest BCUT2D eigenvalue weighted by Crippen LogP contribution is -2.29. The standard InChI is InChI=1S/C19H21N3O2S/c1-13-14(2)25-18-17(13)19(24)22(12-20-18)10-9-16(23)21(3)11-15-7-5-4-6-8-15/h4-8,12H,9-11H2,1-3H3. The van der Waals surface area contributed by atoms with Crippen LogP contribution in [0.5, 0.6) is 0 Å². The summed E-state index contributed by atoms with van der Waals surface area (Å²) in [7, 11) is 1.78. The lowest BCUT2D eigenvalue weighted by atomic mass is 10.2. The highest BCUT2D eigenvalue weighted by Gasteiger charge is 2.14. The maximum atomic E-state index is 12.6. The zero-order valence-corrected chi connectivity index (χ0v) is 15.5. The number of carbonyl (C=O) groups excluding carboxylic acids is 1. The average molecular weight is 355 g/mol. The number of hydrogen-bond acceptors (Lipinski definition) is 4. The molecule has 6 heteroatoms. The Labute approximate surface area is 150 Å². The van der Waals surface area contributed by atoms with Gasteiger partial charge in [-0.2, -0.15) is 0 Å². The van der Waals surface area contributed by atoms with Crippen LogP contribution < -0.4 is 5.56 Å². The Morgan fingerprint density at radius 3 is 2.68 bits per heavy atom. The third kappa shape index (κ3) is 3.64. The van der Waals surface area contributed by atoms with Gasteiger partial charge in [0.1, 0.15) is 4.83 Å². The number of carbonyl (C=O) groups is 1. The molecule has 0 unspecified atom stereocenters. The molecular formula is C19H21N3O2S. The van der Waals surface area contributed by atoms with Crippen molar-refractivity contribution in [2.45, 2.75) is 33.4 Å². The van der Waals surface area contributed by atoms with E-state index in [0.29, 0.717) is 18.5 Å². The molecule has 5 nitrogen and oxygen atoms in total. The Morgan fingerprint density at radius 1 is 1.24 bits per heavy atom. The first kappa shape index (κ1) is 17.4. The molecule has 0 bridgehead atoms. The molecule has 2 aromatic heterocycles. The molecule has 3 aromatic rings. The van der Waals surface area contributed by atoms with E-state index >= 15 is 0 Å². The van der Waals surface area contributed by atoms with E-state index in [1.165, 1.54) is 15.9 Å². The van der Waals surface area contributed by atoms with Crippen LogP contribution in [0.2, 0.25) is 0 Å². The van der Waals surface area contributed by atoms with Crippen LogP contribution in [0.1, 0.15) is 22.4 Å². The van der Waals surface area contributed by atoms with Crippen LogP contribution in [0.4, 0.5) is 0 Å². The van der Waals surface area contributed by atoms with E-state index in [2.05, 4.69) is 4.98 Å². The zero-order valence-electron chi connectivity index (χ0n) is 14.7. The number of benzene rings is 1. The summed E-state index contributed by atoms with van der Waals surface area (Å²) in [5, 5.41) is 0.676. The molecule has 0 fully saturated rings. The molecule has 130 valence electrons. The number of aromatic nitrogens is 2. The number of fused-ring (bicyclic) bond motifs is 1. The summed E-state index contributed by atoms with van der Waals surface area (Å²) in [5.74, 6) is 0.00840. The van der Waals surface area contributed by atoms with Crippen LogP contribution in [0.3, 0.4) is 0 Å². The van der Waals surface area contributed by atoms with Crippen molar-refractivity contribution in [2.75, 3.05) is 7.05 Å². The summed E-state index contributed by atoms with van der Waals surface area (Å²) in [6, 6.07) is 9.86. The summed E-state index contributed by atoms with van der Waals surface area (Å²) < 4.78 is 1.54. The monoisotopic (exact) mass is 355 g/mol. The molecule has 0 saturated heterocycles. The number of hydrogen-bond donors (Lipinski definition) is 0. The molecular weight excluding hydrogens is 334 g/mol. The second-order valence-electron chi connectivity index (χ2n) is 6.19. The largest absolute Gasteiger partial charge is 0.341 e. The first-order valence-corrected chi connectivity index (χ1v) is 9.02. The van der Waals surface area contributed by atoms with Gasteiger partial charge in [0.25, 0.3) is 5.56 Å². The normalized spacial score (nSPS) is 11.0. The minimum absolute atomic E-state index is 0.00840. The van der Waals surface area contributed by atoms with Crippen LogP contribution in [-0.2, 0) is 17.9 Å². The van der Waals surface area contributed by atoms with Gasteiger partial charge in [0.15, 0.2) is 0 Å². The highest BCUT2D eigenvalue weighted by Crippen LogP contribution is 2.25. The van der Waals surface area contributed by atoms with Gasteiger partial charge < -0.3 is 4.90 Å². The molecule has 2 heterocycles. The second kappa shape index (κ2) is 7.19. The van der Waals surface area contributed by atoms with Crippen molar-refractivity contribution in [2.24, 2.45) is 0 Å². The van der Waals surface area contributed by atoms with Crippen molar-refractivity contribution >= 4 is 27.5 Å². The minimum atomic E-state index is -0.0645. The first-order valence-electron chi connectivity index (χ1n) is 8.20. The summed E-state index contributed by atoms with van der Waals surface area (Å²) in [6.45, 7) is 4.84. The number of rotatable bonds is 5. The van der Waals surface area contributed by atoms with Gasteiger partial charge >= 0.3 is 0 Å². The molecule has 1 aromatic carbocycles. The van der Waals surface area contributed by atoms with Gasteiger partial charge in [-0.3, -0.25) is 14.2 Å². The molecule has 0 aliphatic carbocycles. The van der Waals surface area contributed by atoms with E-state index in [4.69, 9.17) is 0 Å². The molecule has 3 rings (SSSR count). The van der Waals surface area contributed by atoms with Crippen molar-refractivity contribution in [3.63, 3.8) is 0 Å². The molecule has 0 aliphatic rings. The van der Waals surface area contributed by atoms with E-state index in [1.807, 2.05) is 44.2 Å². The molecule has 0 saturated carbocycles. The maximum absolute atomic E-state index is 12.6. The number of nitrogens with zero attached hydrogens (tertiary/aromatic N) is 3. The average Bonchev–Trinajstić information content (AvgIpc) is 2.90. The lowest BCUT2D eigenvalue weighted by Gasteiger charge is -2.17. The fourth-order valence-electron chi connectivity index (χ4n) is 2.78. The highest BCUT2D eigenvalue weighted by atomic mass is 32.1. The lowest BCUT2D eigenvalue weighted by molar-refractivity contribution is -0.130. The van der Waals surface area contributed by atoms with Gasteiger partial charge in [0.2, 0.25) is 5.91 Å². The maximum Gasteiger partial charge on any atom is 0.262 e. The minimum Gasteiger partial charge on any atom is -0.341 e. The van der Waals surface area contributed by atoms with Gasteiger partial charge in [-0.15, -0.1) is 11.3 Å². The van der Waals surface area contributed by atoms with E-state index < -0.39 is 0 Å². The molecule has 0 radical (unpaired) electrons. The van der Waals surface area contributed by atoms with E-state index in [-0.39, 0.29) is 17.9 Å². The Morgan fingerprint density at radius 2 is 1.96 bits per heavy atom. The zero-order chi connectivity index (χ0) is 18.0. The number of amides is 1. The van der Waals surface area contributed by atoms with E-state index in [0.717, 1.165) is 20.8 Å². The quantitative estimate of drug-likeness (QED) is 0.706. The SMILES string of the molecule is Cc1sc2ncn(CCC(=O)N(C)Cc3ccccc3)c(=O)c2c1C. The van der Waals surface area contributed by atoms with Gasteiger partial charge in [-0.05, 0) is 25.0 Å². The van der Waals surface area contributed by atoms with Gasteiger partial charge in [0, 0.05) is 31.4 Å². The van der Waals surface area contributed by atoms with E-state index in [1.54, 1.807) is 18.3 Å². The van der Waals surface area contributed by atoms with Crippen molar-refractivity contribution < 1.29 is 4.79 Å². The van der Waals surface area contributed by atoms with E-state index in [9.17, 15) is 9.59 Å². The number of aryl methyl sites for hydroxylation is 3. The summed E-state index contributed by atoms with van der Waals surface area (Å²) >= 11 is 1.53. The fraction of sp³-hybridized carbons (Fsp3) is 0.316. The Bertz CT molecular complexity index is 960. The van der Waals surface area contributed by atoms with Crippen molar-refractivity contribution in [1.82, 2.24) is 14.5 Å². The van der Waals surface area contributed by atoms with Crippen molar-refractivity contribution in [3.8, 4) is 0 Å². The van der Waals surface area contributed by atoms with Crippen molar-refractivity contribution in [1.29, 1.82) is 0 Å². The van der Waals surface area contributed by atoms with Crippen LogP contribution in [0.25, 0.3) is 10.2 Å². The van der Waals surface area contributed by atoms with Crippen LogP contribution in [0, 0.1) is 13.8 Å². The molecule has 0 spiro atoms. The molecule has 25 heavy (non-hydrogen) atoms.